The van der Waals surface area contributed by atoms with Crippen LogP contribution in [0.25, 0.3) is 10.9 Å². The van der Waals surface area contributed by atoms with E-state index in [1.165, 1.54) is 35.0 Å². The van der Waals surface area contributed by atoms with Crippen molar-refractivity contribution in [1.29, 1.82) is 0 Å². The molecule has 0 saturated carbocycles. The molecule has 2 N–H and O–H groups in total. The molecule has 2 aliphatic rings. The second-order valence-electron chi connectivity index (χ2n) is 7.54. The zero-order valence-electron chi connectivity index (χ0n) is 14.6. The van der Waals surface area contributed by atoms with Gasteiger partial charge in [-0.3, -0.25) is 4.90 Å². The van der Waals surface area contributed by atoms with Gasteiger partial charge in [0.25, 0.3) is 0 Å². The summed E-state index contributed by atoms with van der Waals surface area (Å²) >= 11 is 0. The molecule has 1 aromatic heterocycles. The quantitative estimate of drug-likeness (QED) is 0.748. The number of piperidine rings is 1. The predicted octanol–water partition coefficient (Wildman–Crippen LogP) is 3.80. The number of nitrogens with zero attached hydrogens (tertiary/aromatic N) is 1. The number of aromatic nitrogens is 1. The number of fused-ring (bicyclic) bond motifs is 4. The van der Waals surface area contributed by atoms with E-state index >= 15 is 0 Å². The highest BCUT2D eigenvalue weighted by Crippen LogP contribution is 2.40. The minimum Gasteiger partial charge on any atom is -0.357 e. The molecule has 1 fully saturated rings. The second kappa shape index (κ2) is 6.01. The molecule has 1 saturated heterocycles. The standard InChI is InChI=1S/C22H25N3/c1-2-6-17(7-3-1)16-25-14-11-22(12-15-25)21-19(10-13-23-22)18-8-4-5-9-20(18)24-21/h1-9,23-24H,10-16H2. The summed E-state index contributed by atoms with van der Waals surface area (Å²) in [5.41, 5.74) is 5.86. The first-order valence-corrected chi connectivity index (χ1v) is 9.45. The number of para-hydroxylation sites is 1. The van der Waals surface area contributed by atoms with Gasteiger partial charge in [0.1, 0.15) is 0 Å². The average Bonchev–Trinajstić information content (AvgIpc) is 3.05. The van der Waals surface area contributed by atoms with Crippen molar-refractivity contribution in [3.8, 4) is 0 Å². The molecule has 1 spiro atoms. The maximum Gasteiger partial charge on any atom is 0.0614 e. The van der Waals surface area contributed by atoms with E-state index in [9.17, 15) is 0 Å². The highest BCUT2D eigenvalue weighted by Gasteiger charge is 2.41. The van der Waals surface area contributed by atoms with Gasteiger partial charge in [0.15, 0.2) is 0 Å². The first-order valence-electron chi connectivity index (χ1n) is 9.45. The number of likely N-dealkylation sites (tertiary alicyclic amines) is 1. The lowest BCUT2D eigenvalue weighted by Crippen LogP contribution is -2.54. The largest absolute Gasteiger partial charge is 0.357 e. The predicted molar refractivity (Wildman–Crippen MR) is 103 cm³/mol. The van der Waals surface area contributed by atoms with Gasteiger partial charge in [-0.25, -0.2) is 0 Å². The number of nitrogens with one attached hydrogen (secondary N) is 2. The van der Waals surface area contributed by atoms with Crippen molar-refractivity contribution >= 4 is 10.9 Å². The number of hydrogen-bond donors (Lipinski definition) is 2. The first kappa shape index (κ1) is 15.2. The van der Waals surface area contributed by atoms with Crippen LogP contribution in [0.4, 0.5) is 0 Å². The summed E-state index contributed by atoms with van der Waals surface area (Å²) in [5.74, 6) is 0. The van der Waals surface area contributed by atoms with Crippen LogP contribution in [0.1, 0.15) is 29.7 Å². The van der Waals surface area contributed by atoms with Crippen molar-refractivity contribution in [2.75, 3.05) is 19.6 Å². The summed E-state index contributed by atoms with van der Waals surface area (Å²) in [7, 11) is 0. The fourth-order valence-corrected chi connectivity index (χ4v) is 4.74. The molecule has 3 heterocycles. The highest BCUT2D eigenvalue weighted by atomic mass is 15.2. The van der Waals surface area contributed by atoms with Crippen LogP contribution in [-0.4, -0.2) is 29.5 Å². The SMILES string of the molecule is c1ccc(CN2CCC3(CC2)NCCc2c3[nH]c3ccccc23)cc1. The molecule has 3 nitrogen and oxygen atoms in total. The van der Waals surface area contributed by atoms with Crippen LogP contribution in [0.2, 0.25) is 0 Å². The molecule has 0 atom stereocenters. The van der Waals surface area contributed by atoms with Gasteiger partial charge in [0.2, 0.25) is 0 Å². The van der Waals surface area contributed by atoms with Crippen molar-refractivity contribution in [2.45, 2.75) is 31.3 Å². The molecule has 2 aliphatic heterocycles. The molecule has 3 aromatic rings. The molecular formula is C22H25N3. The summed E-state index contributed by atoms with van der Waals surface area (Å²) in [6, 6.07) is 19.6. The van der Waals surface area contributed by atoms with E-state index in [2.05, 4.69) is 69.8 Å². The summed E-state index contributed by atoms with van der Waals surface area (Å²) < 4.78 is 0. The Balaban J connectivity index is 1.40. The molecule has 2 aromatic carbocycles. The Morgan fingerprint density at radius 1 is 0.920 bits per heavy atom. The highest BCUT2D eigenvalue weighted by molar-refractivity contribution is 5.85. The van der Waals surface area contributed by atoms with E-state index in [-0.39, 0.29) is 5.54 Å². The molecule has 0 radical (unpaired) electrons. The van der Waals surface area contributed by atoms with Gasteiger partial charge in [0, 0.05) is 42.8 Å². The van der Waals surface area contributed by atoms with Crippen LogP contribution in [0, 0.1) is 0 Å². The topological polar surface area (TPSA) is 31.1 Å². The summed E-state index contributed by atoms with van der Waals surface area (Å²) in [4.78, 5) is 6.36. The molecule has 25 heavy (non-hydrogen) atoms. The fourth-order valence-electron chi connectivity index (χ4n) is 4.74. The smallest absolute Gasteiger partial charge is 0.0614 e. The van der Waals surface area contributed by atoms with Gasteiger partial charge >= 0.3 is 0 Å². The monoisotopic (exact) mass is 331 g/mol. The van der Waals surface area contributed by atoms with Gasteiger partial charge in [-0.1, -0.05) is 48.5 Å². The van der Waals surface area contributed by atoms with Crippen molar-refractivity contribution in [3.05, 3.63) is 71.4 Å². The number of hydrogen-bond acceptors (Lipinski definition) is 2. The van der Waals surface area contributed by atoms with Gasteiger partial charge < -0.3 is 10.3 Å². The van der Waals surface area contributed by atoms with Crippen LogP contribution in [-0.2, 0) is 18.5 Å². The van der Waals surface area contributed by atoms with E-state index in [0.29, 0.717) is 0 Å². The normalized spacial score (nSPS) is 20.0. The Hall–Kier alpha value is -2.10. The maximum atomic E-state index is 3.88. The minimum absolute atomic E-state index is 0.139. The third-order valence-electron chi connectivity index (χ3n) is 6.09. The molecule has 0 unspecified atom stereocenters. The second-order valence-corrected chi connectivity index (χ2v) is 7.54. The van der Waals surface area contributed by atoms with Gasteiger partial charge in [-0.05, 0) is 36.5 Å². The van der Waals surface area contributed by atoms with Gasteiger partial charge in [-0.2, -0.15) is 0 Å². The van der Waals surface area contributed by atoms with Crippen molar-refractivity contribution in [3.63, 3.8) is 0 Å². The fraction of sp³-hybridized carbons (Fsp3) is 0.364. The Kier molecular flexibility index (Phi) is 3.65. The Morgan fingerprint density at radius 2 is 1.68 bits per heavy atom. The lowest BCUT2D eigenvalue weighted by molar-refractivity contribution is 0.121. The van der Waals surface area contributed by atoms with Crippen molar-refractivity contribution < 1.29 is 0 Å². The van der Waals surface area contributed by atoms with Gasteiger partial charge in [-0.15, -0.1) is 0 Å². The minimum atomic E-state index is 0.139. The van der Waals surface area contributed by atoms with Crippen molar-refractivity contribution in [2.24, 2.45) is 0 Å². The summed E-state index contributed by atoms with van der Waals surface area (Å²) in [6.07, 6.45) is 3.49. The molecule has 128 valence electrons. The van der Waals surface area contributed by atoms with Crippen molar-refractivity contribution in [1.82, 2.24) is 15.2 Å². The molecule has 0 bridgehead atoms. The summed E-state index contributed by atoms with van der Waals surface area (Å²) in [5, 5.41) is 5.30. The molecule has 0 amide bonds. The Bertz CT molecular complexity index is 873. The molecule has 5 rings (SSSR count). The van der Waals surface area contributed by atoms with E-state index in [1.807, 2.05) is 0 Å². The zero-order valence-corrected chi connectivity index (χ0v) is 14.6. The maximum absolute atomic E-state index is 3.88. The van der Waals surface area contributed by atoms with Gasteiger partial charge in [0.05, 0.1) is 5.54 Å². The molecular weight excluding hydrogens is 306 g/mol. The number of H-pyrrole nitrogens is 1. The van der Waals surface area contributed by atoms with E-state index in [1.54, 1.807) is 5.56 Å². The average molecular weight is 331 g/mol. The lowest BCUT2D eigenvalue weighted by atomic mass is 9.79. The van der Waals surface area contributed by atoms with E-state index < -0.39 is 0 Å². The van der Waals surface area contributed by atoms with Crippen LogP contribution in [0.15, 0.2) is 54.6 Å². The summed E-state index contributed by atoms with van der Waals surface area (Å²) in [6.45, 7) is 4.46. The van der Waals surface area contributed by atoms with E-state index in [0.717, 1.165) is 32.6 Å². The van der Waals surface area contributed by atoms with Crippen LogP contribution in [0.3, 0.4) is 0 Å². The van der Waals surface area contributed by atoms with E-state index in [4.69, 9.17) is 0 Å². The molecule has 3 heteroatoms. The number of rotatable bonds is 2. The first-order chi connectivity index (χ1) is 12.3. The van der Waals surface area contributed by atoms with Crippen LogP contribution >= 0.6 is 0 Å². The third-order valence-corrected chi connectivity index (χ3v) is 6.09. The Morgan fingerprint density at radius 3 is 2.52 bits per heavy atom. The molecule has 0 aliphatic carbocycles. The van der Waals surface area contributed by atoms with Crippen LogP contribution in [0.5, 0.6) is 0 Å². The number of benzene rings is 2. The third kappa shape index (κ3) is 2.59. The zero-order chi connectivity index (χ0) is 16.7. The Labute approximate surface area is 149 Å². The number of aromatic amines is 1. The van der Waals surface area contributed by atoms with Crippen LogP contribution < -0.4 is 5.32 Å². The lowest BCUT2D eigenvalue weighted by Gasteiger charge is -2.45.